The second-order valence-corrected chi connectivity index (χ2v) is 3.95. The van der Waals surface area contributed by atoms with Crippen LogP contribution in [0.25, 0.3) is 0 Å². The van der Waals surface area contributed by atoms with E-state index in [1.54, 1.807) is 0 Å². The van der Waals surface area contributed by atoms with E-state index >= 15 is 0 Å². The zero-order valence-corrected chi connectivity index (χ0v) is 10.2. The molecule has 1 rings (SSSR count). The lowest BCUT2D eigenvalue weighted by molar-refractivity contribution is -0.386. The smallest absolute Gasteiger partial charge is 0.387 e. The summed E-state index contributed by atoms with van der Waals surface area (Å²) in [4.78, 5) is 12.1. The van der Waals surface area contributed by atoms with Crippen molar-refractivity contribution < 1.29 is 31.6 Å². The predicted molar refractivity (Wildman–Crippen MR) is 55.2 cm³/mol. The van der Waals surface area contributed by atoms with Crippen LogP contribution in [0.2, 0.25) is 0 Å². The molecule has 0 unspecified atom stereocenters. The van der Waals surface area contributed by atoms with Gasteiger partial charge in [0.15, 0.2) is 5.69 Å². The summed E-state index contributed by atoms with van der Waals surface area (Å²) in [6.07, 6.45) is -8.51. The van der Waals surface area contributed by atoms with Gasteiger partial charge in [-0.05, 0) is 22.6 Å². The molecule has 0 amide bonds. The van der Waals surface area contributed by atoms with Crippen LogP contribution in [0.5, 0.6) is 5.88 Å². The summed E-state index contributed by atoms with van der Waals surface area (Å²) in [6.45, 7) is 0. The van der Waals surface area contributed by atoms with E-state index in [0.717, 1.165) is 0 Å². The predicted octanol–water partition coefficient (Wildman–Crippen LogP) is 3.43. The molecule has 0 N–H and O–H groups in total. The van der Waals surface area contributed by atoms with Crippen LogP contribution in [0.4, 0.5) is 27.6 Å². The maximum atomic E-state index is 12.4. The molecular weight excluding hydrogens is 382 g/mol. The monoisotopic (exact) mass is 384 g/mol. The highest BCUT2D eigenvalue weighted by molar-refractivity contribution is 14.1. The fraction of sp³-hybridized carbons (Fsp3) is 0.286. The van der Waals surface area contributed by atoms with Gasteiger partial charge in [0.05, 0.1) is 8.49 Å². The van der Waals surface area contributed by atoms with Crippen molar-refractivity contribution in [3.8, 4) is 5.88 Å². The van der Waals surface area contributed by atoms with Gasteiger partial charge in [0, 0.05) is 6.07 Å². The van der Waals surface area contributed by atoms with Gasteiger partial charge in [-0.2, -0.15) is 0 Å². The molecule has 11 heteroatoms. The van der Waals surface area contributed by atoms with E-state index < -0.39 is 38.5 Å². The Morgan fingerprint density at radius 2 is 2.00 bits per heavy atom. The fourth-order valence-corrected chi connectivity index (χ4v) is 1.49. The van der Waals surface area contributed by atoms with Crippen molar-refractivity contribution in [1.29, 1.82) is 0 Å². The number of aromatic nitrogens is 1. The van der Waals surface area contributed by atoms with Crippen LogP contribution in [0.1, 0.15) is 12.1 Å². The summed E-state index contributed by atoms with van der Waals surface area (Å²) < 4.78 is 63.6. The number of hydrogen-bond donors (Lipinski definition) is 0. The minimum Gasteiger partial charge on any atom is -0.387 e. The third-order valence-corrected chi connectivity index (χ3v) is 2.34. The Balaban J connectivity index is 3.32. The van der Waals surface area contributed by atoms with E-state index in [4.69, 9.17) is 0 Å². The van der Waals surface area contributed by atoms with Crippen LogP contribution in [0.15, 0.2) is 6.07 Å². The molecule has 0 fully saturated rings. The maximum absolute atomic E-state index is 12.4. The van der Waals surface area contributed by atoms with Gasteiger partial charge in [0.1, 0.15) is 0 Å². The largest absolute Gasteiger partial charge is 0.574 e. The minimum atomic E-state index is -5.12. The summed E-state index contributed by atoms with van der Waals surface area (Å²) >= 11 is 1.26. The molecule has 0 aliphatic carbocycles. The molecule has 100 valence electrons. The molecule has 1 aromatic heterocycles. The van der Waals surface area contributed by atoms with Crippen molar-refractivity contribution >= 4 is 28.3 Å². The second kappa shape index (κ2) is 5.16. The molecule has 1 heterocycles. The molecule has 0 saturated heterocycles. The quantitative estimate of drug-likeness (QED) is 0.347. The number of hydrogen-bond acceptors (Lipinski definition) is 4. The van der Waals surface area contributed by atoms with Gasteiger partial charge >= 0.3 is 6.36 Å². The summed E-state index contributed by atoms with van der Waals surface area (Å²) in [7, 11) is 0. The fourth-order valence-electron chi connectivity index (χ4n) is 0.964. The van der Waals surface area contributed by atoms with Gasteiger partial charge in [0.2, 0.25) is 5.88 Å². The van der Waals surface area contributed by atoms with Gasteiger partial charge in [-0.1, -0.05) is 0 Å². The van der Waals surface area contributed by atoms with E-state index in [9.17, 15) is 32.1 Å². The highest BCUT2D eigenvalue weighted by Crippen LogP contribution is 2.34. The lowest BCUT2D eigenvalue weighted by atomic mass is 10.3. The van der Waals surface area contributed by atoms with E-state index in [2.05, 4.69) is 9.72 Å². The molecule has 1 aromatic rings. The number of nitro groups is 1. The Hall–Kier alpha value is -1.27. The average molecular weight is 384 g/mol. The minimum absolute atomic E-state index is 0.402. The number of rotatable bonds is 3. The number of alkyl halides is 5. The van der Waals surface area contributed by atoms with Crippen molar-refractivity contribution in [2.24, 2.45) is 0 Å². The highest BCUT2D eigenvalue weighted by atomic mass is 127. The third kappa shape index (κ3) is 3.61. The molecule has 0 bridgehead atoms. The Labute approximate surface area is 109 Å². The van der Waals surface area contributed by atoms with Gasteiger partial charge < -0.3 is 4.74 Å². The van der Waals surface area contributed by atoms with E-state index in [-0.39, 0.29) is 0 Å². The molecule has 0 spiro atoms. The first-order chi connectivity index (χ1) is 8.11. The molecule has 0 saturated carbocycles. The Morgan fingerprint density at radius 3 is 2.39 bits per heavy atom. The first-order valence-corrected chi connectivity index (χ1v) is 5.08. The van der Waals surface area contributed by atoms with Gasteiger partial charge in [-0.15, -0.1) is 13.2 Å². The summed E-state index contributed by atoms with van der Waals surface area (Å²) in [5, 5.41) is 10.4. The Bertz CT molecular complexity index is 479. The van der Waals surface area contributed by atoms with E-state index in [0.29, 0.717) is 6.07 Å². The van der Waals surface area contributed by atoms with Crippen LogP contribution < -0.4 is 4.74 Å². The number of halogens is 6. The molecule has 5 nitrogen and oxygen atoms in total. The van der Waals surface area contributed by atoms with Crippen LogP contribution >= 0.6 is 22.6 Å². The molecule has 0 atom stereocenters. The van der Waals surface area contributed by atoms with Gasteiger partial charge in [-0.3, -0.25) is 10.1 Å². The molecule has 0 radical (unpaired) electrons. The van der Waals surface area contributed by atoms with Crippen LogP contribution in [0.3, 0.4) is 0 Å². The molecule has 0 aromatic carbocycles. The van der Waals surface area contributed by atoms with Crippen LogP contribution in [-0.4, -0.2) is 16.3 Å². The summed E-state index contributed by atoms with van der Waals surface area (Å²) in [5.74, 6) is -1.15. The van der Waals surface area contributed by atoms with Crippen molar-refractivity contribution in [3.63, 3.8) is 0 Å². The van der Waals surface area contributed by atoms with Crippen molar-refractivity contribution in [1.82, 2.24) is 4.98 Å². The number of nitrogens with zero attached hydrogens (tertiary/aromatic N) is 2. The second-order valence-electron chi connectivity index (χ2n) is 2.79. The van der Waals surface area contributed by atoms with Crippen molar-refractivity contribution in [2.75, 3.05) is 0 Å². The number of ether oxygens (including phenoxy) is 1. The maximum Gasteiger partial charge on any atom is 0.574 e. The molecule has 0 aliphatic heterocycles. The molecule has 0 aliphatic rings. The first-order valence-electron chi connectivity index (χ1n) is 4.00. The Kier molecular flexibility index (Phi) is 4.24. The highest BCUT2D eigenvalue weighted by Gasteiger charge is 2.35. The standard InChI is InChI=1S/C7H2F5IN2O3/c8-5(9)4-3(15(16)17)1-2(13)6(14-4)18-7(10,11)12/h1,5H. The van der Waals surface area contributed by atoms with E-state index in [1.165, 1.54) is 22.6 Å². The molecular formula is C7H2F5IN2O3. The normalized spacial score (nSPS) is 11.7. The first kappa shape index (κ1) is 14.8. The topological polar surface area (TPSA) is 65.3 Å². The Morgan fingerprint density at radius 1 is 1.44 bits per heavy atom. The van der Waals surface area contributed by atoms with Crippen LogP contribution in [0, 0.1) is 13.7 Å². The van der Waals surface area contributed by atoms with Gasteiger partial charge in [-0.25, -0.2) is 13.8 Å². The zero-order valence-electron chi connectivity index (χ0n) is 8.04. The number of pyridine rings is 1. The van der Waals surface area contributed by atoms with Crippen molar-refractivity contribution in [3.05, 3.63) is 25.4 Å². The summed E-state index contributed by atoms with van der Waals surface area (Å²) in [6, 6.07) is 0.538. The third-order valence-electron chi connectivity index (χ3n) is 1.57. The average Bonchev–Trinajstić information content (AvgIpc) is 2.17. The zero-order chi connectivity index (χ0) is 14.1. The van der Waals surface area contributed by atoms with Gasteiger partial charge in [0.25, 0.3) is 12.1 Å². The lowest BCUT2D eigenvalue weighted by Crippen LogP contribution is -2.19. The van der Waals surface area contributed by atoms with Crippen LogP contribution in [-0.2, 0) is 0 Å². The summed E-state index contributed by atoms with van der Waals surface area (Å²) in [5.41, 5.74) is -2.44. The SMILES string of the molecule is O=[N+]([O-])c1cc(I)c(OC(F)(F)F)nc1C(F)F. The van der Waals surface area contributed by atoms with E-state index in [1.807, 2.05) is 0 Å². The van der Waals surface area contributed by atoms with Crippen molar-refractivity contribution in [2.45, 2.75) is 12.8 Å². The molecule has 18 heavy (non-hydrogen) atoms. The lowest BCUT2D eigenvalue weighted by Gasteiger charge is -2.10.